The summed E-state index contributed by atoms with van der Waals surface area (Å²) < 4.78 is 0. The van der Waals surface area contributed by atoms with Crippen LogP contribution >= 0.6 is 11.6 Å². The SMILES string of the molecule is O=C(CCl)c1ccc2cccc3c2c1-c1ccccc1C3=O. The second kappa shape index (κ2) is 4.79. The topological polar surface area (TPSA) is 34.1 Å². The minimum Gasteiger partial charge on any atom is -0.293 e. The van der Waals surface area contributed by atoms with Gasteiger partial charge in [0.05, 0.1) is 5.88 Å². The predicted octanol–water partition coefficient (Wildman–Crippen LogP) is 4.47. The van der Waals surface area contributed by atoms with E-state index in [2.05, 4.69) is 0 Å². The molecule has 0 saturated heterocycles. The predicted molar refractivity (Wildman–Crippen MR) is 87.9 cm³/mol. The van der Waals surface area contributed by atoms with Gasteiger partial charge in [0, 0.05) is 27.6 Å². The van der Waals surface area contributed by atoms with E-state index in [0.29, 0.717) is 16.7 Å². The first-order valence-electron chi connectivity index (χ1n) is 7.01. The van der Waals surface area contributed by atoms with E-state index in [1.807, 2.05) is 42.5 Å². The Bertz CT molecular complexity index is 957. The number of halogens is 1. The summed E-state index contributed by atoms with van der Waals surface area (Å²) >= 11 is 5.76. The molecule has 22 heavy (non-hydrogen) atoms. The van der Waals surface area contributed by atoms with Crippen LogP contribution in [0, 0.1) is 0 Å². The van der Waals surface area contributed by atoms with E-state index in [1.54, 1.807) is 12.1 Å². The molecule has 0 atom stereocenters. The lowest BCUT2D eigenvalue weighted by atomic mass is 9.80. The third-order valence-electron chi connectivity index (χ3n) is 4.15. The molecule has 2 nitrogen and oxygen atoms in total. The van der Waals surface area contributed by atoms with Gasteiger partial charge in [0.2, 0.25) is 0 Å². The lowest BCUT2D eigenvalue weighted by molar-refractivity contribution is 0.101. The first-order valence-corrected chi connectivity index (χ1v) is 7.55. The van der Waals surface area contributed by atoms with Crippen LogP contribution in [0.3, 0.4) is 0 Å². The molecule has 0 amide bonds. The van der Waals surface area contributed by atoms with Crippen molar-refractivity contribution in [2.75, 3.05) is 5.88 Å². The lowest BCUT2D eigenvalue weighted by Gasteiger charge is -2.22. The van der Waals surface area contributed by atoms with Gasteiger partial charge in [-0.15, -0.1) is 11.6 Å². The molecule has 0 aromatic heterocycles. The van der Waals surface area contributed by atoms with Crippen LogP contribution in [-0.2, 0) is 0 Å². The fourth-order valence-electron chi connectivity index (χ4n) is 3.20. The van der Waals surface area contributed by atoms with Crippen molar-refractivity contribution in [2.45, 2.75) is 0 Å². The molecular weight excluding hydrogens is 296 g/mol. The fourth-order valence-corrected chi connectivity index (χ4v) is 3.34. The van der Waals surface area contributed by atoms with Crippen LogP contribution in [0.2, 0.25) is 0 Å². The van der Waals surface area contributed by atoms with Crippen LogP contribution < -0.4 is 0 Å². The molecule has 1 aliphatic rings. The molecule has 106 valence electrons. The lowest BCUT2D eigenvalue weighted by Crippen LogP contribution is -2.13. The van der Waals surface area contributed by atoms with Crippen molar-refractivity contribution in [1.29, 1.82) is 0 Å². The molecule has 0 radical (unpaired) electrons. The number of Topliss-reactive ketones (excluding diaryl/α,β-unsaturated/α-hetero) is 1. The number of carbonyl (C=O) groups excluding carboxylic acids is 2. The summed E-state index contributed by atoms with van der Waals surface area (Å²) in [5.74, 6) is -0.196. The molecule has 0 saturated carbocycles. The van der Waals surface area contributed by atoms with Gasteiger partial charge in [-0.3, -0.25) is 9.59 Å². The van der Waals surface area contributed by atoms with E-state index in [9.17, 15) is 9.59 Å². The summed E-state index contributed by atoms with van der Waals surface area (Å²) in [6, 6.07) is 16.8. The first-order chi connectivity index (χ1) is 10.7. The molecule has 3 aromatic rings. The number of ketones is 2. The highest BCUT2D eigenvalue weighted by atomic mass is 35.5. The molecule has 4 rings (SSSR count). The van der Waals surface area contributed by atoms with Crippen molar-refractivity contribution in [2.24, 2.45) is 0 Å². The summed E-state index contributed by atoms with van der Waals surface area (Å²) in [6.07, 6.45) is 0. The fraction of sp³-hybridized carbons (Fsp3) is 0.0526. The highest BCUT2D eigenvalue weighted by molar-refractivity contribution is 6.34. The van der Waals surface area contributed by atoms with Crippen LogP contribution in [0.1, 0.15) is 26.3 Å². The summed E-state index contributed by atoms with van der Waals surface area (Å²) in [5.41, 5.74) is 3.50. The normalized spacial score (nSPS) is 12.3. The number of benzene rings is 3. The molecule has 0 N–H and O–H groups in total. The van der Waals surface area contributed by atoms with Gasteiger partial charge in [0.1, 0.15) is 0 Å². The highest BCUT2D eigenvalue weighted by Gasteiger charge is 2.27. The zero-order valence-electron chi connectivity index (χ0n) is 11.6. The zero-order valence-corrected chi connectivity index (χ0v) is 12.4. The van der Waals surface area contributed by atoms with Crippen LogP contribution in [0.5, 0.6) is 0 Å². The third kappa shape index (κ3) is 1.68. The van der Waals surface area contributed by atoms with Crippen LogP contribution in [0.15, 0.2) is 54.6 Å². The Morgan fingerprint density at radius 3 is 2.36 bits per heavy atom. The average molecular weight is 307 g/mol. The number of hydrogen-bond donors (Lipinski definition) is 0. The summed E-state index contributed by atoms with van der Waals surface area (Å²) in [7, 11) is 0. The molecular formula is C19H11ClO2. The molecule has 3 aromatic carbocycles. The molecule has 0 unspecified atom stereocenters. The van der Waals surface area contributed by atoms with Crippen molar-refractivity contribution in [3.05, 3.63) is 71.3 Å². The Hall–Kier alpha value is -2.45. The Kier molecular flexibility index (Phi) is 2.88. The van der Waals surface area contributed by atoms with E-state index in [1.165, 1.54) is 0 Å². The quantitative estimate of drug-likeness (QED) is 0.404. The van der Waals surface area contributed by atoms with E-state index < -0.39 is 0 Å². The number of rotatable bonds is 2. The number of hydrogen-bond acceptors (Lipinski definition) is 2. The first kappa shape index (κ1) is 13.2. The minimum atomic E-state index is -0.127. The van der Waals surface area contributed by atoms with E-state index in [4.69, 9.17) is 11.6 Å². The summed E-state index contributed by atoms with van der Waals surface area (Å²) in [5, 5.41) is 1.81. The van der Waals surface area contributed by atoms with Gasteiger partial charge in [-0.25, -0.2) is 0 Å². The van der Waals surface area contributed by atoms with E-state index in [-0.39, 0.29) is 17.4 Å². The van der Waals surface area contributed by atoms with Gasteiger partial charge in [0.25, 0.3) is 0 Å². The molecule has 1 aliphatic carbocycles. The molecule has 0 spiro atoms. The van der Waals surface area contributed by atoms with Gasteiger partial charge in [-0.2, -0.15) is 0 Å². The second-order valence-corrected chi connectivity index (χ2v) is 5.59. The van der Waals surface area contributed by atoms with Crippen molar-refractivity contribution < 1.29 is 9.59 Å². The van der Waals surface area contributed by atoms with Crippen molar-refractivity contribution in [3.63, 3.8) is 0 Å². The number of alkyl halides is 1. The standard InChI is InChI=1S/C19H11ClO2/c20-10-16(21)14-9-8-11-4-3-7-15-17(11)18(14)12-5-1-2-6-13(12)19(15)22/h1-9H,10H2. The van der Waals surface area contributed by atoms with Gasteiger partial charge in [-0.1, -0.05) is 54.6 Å². The smallest absolute Gasteiger partial charge is 0.194 e. The minimum absolute atomic E-state index is 0.00386. The number of fused-ring (bicyclic) bond motifs is 2. The maximum atomic E-state index is 12.7. The Morgan fingerprint density at radius 2 is 1.59 bits per heavy atom. The van der Waals surface area contributed by atoms with Gasteiger partial charge in [0.15, 0.2) is 11.6 Å². The van der Waals surface area contributed by atoms with Crippen LogP contribution in [0.4, 0.5) is 0 Å². The largest absolute Gasteiger partial charge is 0.293 e. The van der Waals surface area contributed by atoms with E-state index >= 15 is 0 Å². The van der Waals surface area contributed by atoms with Crippen molar-refractivity contribution >= 4 is 33.9 Å². The Balaban J connectivity index is 2.24. The maximum absolute atomic E-state index is 12.7. The van der Waals surface area contributed by atoms with E-state index in [0.717, 1.165) is 21.9 Å². The van der Waals surface area contributed by atoms with Crippen molar-refractivity contribution in [1.82, 2.24) is 0 Å². The Morgan fingerprint density at radius 1 is 0.864 bits per heavy atom. The molecule has 3 heteroatoms. The molecule has 0 bridgehead atoms. The summed E-state index contributed by atoms with van der Waals surface area (Å²) in [6.45, 7) is 0. The van der Waals surface area contributed by atoms with Crippen molar-refractivity contribution in [3.8, 4) is 11.1 Å². The molecule has 0 heterocycles. The zero-order chi connectivity index (χ0) is 15.3. The average Bonchev–Trinajstić information content (AvgIpc) is 2.58. The Labute approximate surface area is 132 Å². The monoisotopic (exact) mass is 306 g/mol. The van der Waals surface area contributed by atoms with Gasteiger partial charge >= 0.3 is 0 Å². The maximum Gasteiger partial charge on any atom is 0.194 e. The molecule has 0 fully saturated rings. The highest BCUT2D eigenvalue weighted by Crippen LogP contribution is 2.41. The number of carbonyl (C=O) groups is 2. The van der Waals surface area contributed by atoms with Gasteiger partial charge in [-0.05, 0) is 10.9 Å². The van der Waals surface area contributed by atoms with Gasteiger partial charge < -0.3 is 0 Å². The second-order valence-electron chi connectivity index (χ2n) is 5.32. The third-order valence-corrected chi connectivity index (χ3v) is 4.40. The summed E-state index contributed by atoms with van der Waals surface area (Å²) in [4.78, 5) is 25.0. The van der Waals surface area contributed by atoms with Crippen LogP contribution in [0.25, 0.3) is 21.9 Å². The van der Waals surface area contributed by atoms with Crippen LogP contribution in [-0.4, -0.2) is 17.4 Å². The molecule has 0 aliphatic heterocycles.